The Labute approximate surface area is 126 Å². The van der Waals surface area contributed by atoms with E-state index in [0.29, 0.717) is 5.92 Å². The van der Waals surface area contributed by atoms with Crippen molar-refractivity contribution in [3.05, 3.63) is 23.5 Å². The summed E-state index contributed by atoms with van der Waals surface area (Å²) in [6.07, 6.45) is 1.82. The topological polar surface area (TPSA) is 72.5 Å². The van der Waals surface area contributed by atoms with Gasteiger partial charge >= 0.3 is 0 Å². The molecule has 1 aliphatic rings. The zero-order valence-corrected chi connectivity index (χ0v) is 13.1. The minimum absolute atomic E-state index is 0.0590. The number of amides is 1. The van der Waals surface area contributed by atoms with Gasteiger partial charge in [-0.2, -0.15) is 0 Å². The van der Waals surface area contributed by atoms with Crippen LogP contribution in [0.4, 0.5) is 4.39 Å². The number of halogens is 2. The molecular formula is C13H15ClFNO4S. The minimum Gasteiger partial charge on any atom is -0.492 e. The van der Waals surface area contributed by atoms with E-state index in [1.54, 1.807) is 0 Å². The van der Waals surface area contributed by atoms with Crippen molar-refractivity contribution in [2.75, 3.05) is 7.11 Å². The van der Waals surface area contributed by atoms with Gasteiger partial charge in [-0.25, -0.2) is 12.8 Å². The Hall–Kier alpha value is -1.34. The summed E-state index contributed by atoms with van der Waals surface area (Å²) in [7, 11) is 2.15. The number of nitrogens with one attached hydrogen (secondary N) is 1. The summed E-state index contributed by atoms with van der Waals surface area (Å²) in [4.78, 5) is 11.5. The molecule has 0 aromatic heterocycles. The molecule has 1 aromatic carbocycles. The third-order valence-corrected chi connectivity index (χ3v) is 4.83. The van der Waals surface area contributed by atoms with E-state index in [2.05, 4.69) is 5.32 Å². The van der Waals surface area contributed by atoms with Crippen molar-refractivity contribution in [1.82, 2.24) is 5.32 Å². The lowest BCUT2D eigenvalue weighted by Crippen LogP contribution is -2.27. The number of hydrogen-bond acceptors (Lipinski definition) is 4. The molecule has 21 heavy (non-hydrogen) atoms. The molecule has 5 nitrogen and oxygen atoms in total. The molecule has 0 spiro atoms. The summed E-state index contributed by atoms with van der Waals surface area (Å²) in [6.45, 7) is 2.02. The van der Waals surface area contributed by atoms with Crippen LogP contribution in [0.15, 0.2) is 17.0 Å². The molecular weight excluding hydrogens is 321 g/mol. The highest BCUT2D eigenvalue weighted by Crippen LogP contribution is 2.34. The standard InChI is InChI=1S/C13H15ClFNO4S/c1-3-7-5-10(7)16-13(17)8-4-9(15)12(20-2)11(6-8)21(14,18)19/h4,6-7,10H,3,5H2,1-2H3,(H,16,17). The molecule has 0 heterocycles. The van der Waals surface area contributed by atoms with E-state index in [4.69, 9.17) is 15.4 Å². The van der Waals surface area contributed by atoms with Gasteiger partial charge < -0.3 is 10.1 Å². The Morgan fingerprint density at radius 1 is 1.52 bits per heavy atom. The number of hydrogen-bond donors (Lipinski definition) is 1. The first-order valence-corrected chi connectivity index (χ1v) is 8.72. The summed E-state index contributed by atoms with van der Waals surface area (Å²) in [6, 6.07) is 2.01. The molecule has 2 unspecified atom stereocenters. The maximum Gasteiger partial charge on any atom is 0.265 e. The molecule has 1 aliphatic carbocycles. The average molecular weight is 336 g/mol. The van der Waals surface area contributed by atoms with Crippen LogP contribution < -0.4 is 10.1 Å². The number of rotatable bonds is 5. The molecule has 2 atom stereocenters. The van der Waals surface area contributed by atoms with E-state index in [1.165, 1.54) is 0 Å². The fourth-order valence-electron chi connectivity index (χ4n) is 2.21. The molecule has 116 valence electrons. The van der Waals surface area contributed by atoms with Crippen molar-refractivity contribution in [1.29, 1.82) is 0 Å². The van der Waals surface area contributed by atoms with Gasteiger partial charge in [0.05, 0.1) is 7.11 Å². The second kappa shape index (κ2) is 5.81. The number of carbonyl (C=O) groups excluding carboxylic acids is 1. The van der Waals surface area contributed by atoms with Crippen LogP contribution in [0, 0.1) is 11.7 Å². The first-order valence-electron chi connectivity index (χ1n) is 6.41. The summed E-state index contributed by atoms with van der Waals surface area (Å²) < 4.78 is 41.5. The van der Waals surface area contributed by atoms with Crippen molar-refractivity contribution < 1.29 is 22.3 Å². The molecule has 1 aromatic rings. The van der Waals surface area contributed by atoms with Crippen molar-refractivity contribution in [3.63, 3.8) is 0 Å². The van der Waals surface area contributed by atoms with Crippen molar-refractivity contribution >= 4 is 25.6 Å². The second-order valence-corrected chi connectivity index (χ2v) is 7.45. The molecule has 1 saturated carbocycles. The van der Waals surface area contributed by atoms with Gasteiger partial charge in [0.25, 0.3) is 15.0 Å². The zero-order valence-electron chi connectivity index (χ0n) is 11.5. The van der Waals surface area contributed by atoms with E-state index in [-0.39, 0.29) is 11.6 Å². The number of carbonyl (C=O) groups is 1. The van der Waals surface area contributed by atoms with Crippen LogP contribution in [0.2, 0.25) is 0 Å². The molecule has 1 fully saturated rings. The lowest BCUT2D eigenvalue weighted by atomic mass is 10.2. The van der Waals surface area contributed by atoms with Crippen LogP contribution in [0.5, 0.6) is 5.75 Å². The molecule has 2 rings (SSSR count). The number of methoxy groups -OCH3 is 1. The molecule has 1 N–H and O–H groups in total. The molecule has 0 radical (unpaired) electrons. The Kier molecular flexibility index (Phi) is 4.43. The first-order chi connectivity index (χ1) is 9.77. The number of benzene rings is 1. The zero-order chi connectivity index (χ0) is 15.8. The van der Waals surface area contributed by atoms with Crippen LogP contribution in [0.3, 0.4) is 0 Å². The smallest absolute Gasteiger partial charge is 0.265 e. The van der Waals surface area contributed by atoms with E-state index in [9.17, 15) is 17.6 Å². The van der Waals surface area contributed by atoms with Gasteiger partial charge in [0.15, 0.2) is 11.6 Å². The summed E-state index contributed by atoms with van der Waals surface area (Å²) >= 11 is 0. The normalized spacial score (nSPS) is 21.0. The third kappa shape index (κ3) is 3.47. The predicted octanol–water partition coefficient (Wildman–Crippen LogP) is 2.29. The lowest BCUT2D eigenvalue weighted by Gasteiger charge is -2.10. The van der Waals surface area contributed by atoms with Crippen LogP contribution in [-0.4, -0.2) is 27.5 Å². The lowest BCUT2D eigenvalue weighted by molar-refractivity contribution is 0.0948. The molecule has 0 aliphatic heterocycles. The van der Waals surface area contributed by atoms with Crippen molar-refractivity contribution in [3.8, 4) is 5.75 Å². The monoisotopic (exact) mass is 335 g/mol. The quantitative estimate of drug-likeness (QED) is 0.838. The number of ether oxygens (including phenoxy) is 1. The van der Waals surface area contributed by atoms with E-state index in [0.717, 1.165) is 32.1 Å². The summed E-state index contributed by atoms with van der Waals surface area (Å²) in [5.41, 5.74) is -0.103. The highest BCUT2D eigenvalue weighted by Gasteiger charge is 2.37. The van der Waals surface area contributed by atoms with E-state index < -0.39 is 31.4 Å². The molecule has 0 bridgehead atoms. The van der Waals surface area contributed by atoms with E-state index in [1.807, 2.05) is 6.92 Å². The minimum atomic E-state index is -4.23. The Balaban J connectivity index is 2.33. The van der Waals surface area contributed by atoms with Crippen molar-refractivity contribution in [2.24, 2.45) is 5.92 Å². The molecule has 8 heteroatoms. The maximum atomic E-state index is 13.9. The van der Waals surface area contributed by atoms with Gasteiger partial charge in [-0.3, -0.25) is 4.79 Å². The van der Waals surface area contributed by atoms with Crippen LogP contribution in [0.25, 0.3) is 0 Å². The van der Waals surface area contributed by atoms with Crippen LogP contribution in [0.1, 0.15) is 30.1 Å². The SMILES string of the molecule is CCC1CC1NC(=O)c1cc(F)c(OC)c(S(=O)(=O)Cl)c1. The third-order valence-electron chi connectivity index (χ3n) is 3.50. The summed E-state index contributed by atoms with van der Waals surface area (Å²) in [5, 5.41) is 2.73. The van der Waals surface area contributed by atoms with Crippen molar-refractivity contribution in [2.45, 2.75) is 30.7 Å². The van der Waals surface area contributed by atoms with Gasteiger partial charge in [-0.05, 0) is 24.5 Å². The van der Waals surface area contributed by atoms with Gasteiger partial charge in [0.2, 0.25) is 0 Å². The second-order valence-electron chi connectivity index (χ2n) is 4.91. The fraction of sp³-hybridized carbons (Fsp3) is 0.462. The Morgan fingerprint density at radius 3 is 2.67 bits per heavy atom. The van der Waals surface area contributed by atoms with Gasteiger partial charge in [0, 0.05) is 22.3 Å². The molecule has 0 saturated heterocycles. The fourth-order valence-corrected chi connectivity index (χ4v) is 3.22. The maximum absolute atomic E-state index is 13.9. The van der Waals surface area contributed by atoms with E-state index >= 15 is 0 Å². The molecule has 1 amide bonds. The predicted molar refractivity (Wildman–Crippen MR) is 75.6 cm³/mol. The Bertz CT molecular complexity index is 677. The average Bonchev–Trinajstić information content (AvgIpc) is 3.14. The largest absolute Gasteiger partial charge is 0.492 e. The van der Waals surface area contributed by atoms with Gasteiger partial charge in [-0.15, -0.1) is 0 Å². The highest BCUT2D eigenvalue weighted by molar-refractivity contribution is 8.13. The Morgan fingerprint density at radius 2 is 2.19 bits per heavy atom. The summed E-state index contributed by atoms with van der Waals surface area (Å²) in [5.74, 6) is -1.56. The first kappa shape index (κ1) is 16.0. The van der Waals surface area contributed by atoms with Crippen LogP contribution in [-0.2, 0) is 9.05 Å². The highest BCUT2D eigenvalue weighted by atomic mass is 35.7. The van der Waals surface area contributed by atoms with Gasteiger partial charge in [-0.1, -0.05) is 13.3 Å². The van der Waals surface area contributed by atoms with Gasteiger partial charge in [0.1, 0.15) is 4.90 Å². The van der Waals surface area contributed by atoms with Crippen LogP contribution >= 0.6 is 10.7 Å².